The van der Waals surface area contributed by atoms with Crippen LogP contribution in [0, 0.1) is 13.8 Å². The fourth-order valence-corrected chi connectivity index (χ4v) is 3.49. The maximum absolute atomic E-state index is 12.5. The van der Waals surface area contributed by atoms with Gasteiger partial charge in [-0.05, 0) is 43.2 Å². The number of amides is 1. The highest BCUT2D eigenvalue weighted by atomic mass is 32.1. The van der Waals surface area contributed by atoms with Crippen LogP contribution in [0.1, 0.15) is 21.5 Å². The van der Waals surface area contributed by atoms with Crippen LogP contribution in [0.5, 0.6) is 11.5 Å². The number of hydrogen-bond donors (Lipinski definition) is 1. The molecule has 0 aliphatic heterocycles. The fraction of sp³-hybridized carbons (Fsp3) is 0.222. The Labute approximate surface area is 152 Å². The van der Waals surface area contributed by atoms with Gasteiger partial charge in [0.05, 0.1) is 17.3 Å². The minimum Gasteiger partial charge on any atom is -0.493 e. The van der Waals surface area contributed by atoms with E-state index in [1.54, 1.807) is 0 Å². The van der Waals surface area contributed by atoms with Crippen molar-refractivity contribution in [1.82, 2.24) is 4.98 Å². The van der Waals surface area contributed by atoms with Gasteiger partial charge in [-0.1, -0.05) is 23.5 Å². The largest absolute Gasteiger partial charge is 0.493 e. The highest BCUT2D eigenvalue weighted by Crippen LogP contribution is 2.32. The van der Waals surface area contributed by atoms with E-state index in [1.807, 2.05) is 26.0 Å². The van der Waals surface area contributed by atoms with Crippen molar-refractivity contribution in [2.75, 3.05) is 12.4 Å². The van der Waals surface area contributed by atoms with Crippen molar-refractivity contribution in [2.24, 2.45) is 0 Å². The standard InChI is InChI=1S/C18H16F2N2O3S/c1-9-4-5-10(2)15-14(9)21-18(26-15)22-16(23)11-6-7-12(25-17(19)20)13(8-11)24-3/h4-8,17H,1-3H3,(H,21,22,23). The van der Waals surface area contributed by atoms with Crippen LogP contribution in [0.15, 0.2) is 30.3 Å². The summed E-state index contributed by atoms with van der Waals surface area (Å²) in [7, 11) is 1.31. The molecular formula is C18H16F2N2O3S. The number of aromatic nitrogens is 1. The van der Waals surface area contributed by atoms with E-state index in [1.165, 1.54) is 36.6 Å². The van der Waals surface area contributed by atoms with Gasteiger partial charge < -0.3 is 9.47 Å². The van der Waals surface area contributed by atoms with E-state index in [2.05, 4.69) is 15.0 Å². The number of ether oxygens (including phenoxy) is 2. The number of thiazole rings is 1. The zero-order chi connectivity index (χ0) is 18.8. The Kier molecular flexibility index (Phi) is 5.03. The van der Waals surface area contributed by atoms with E-state index < -0.39 is 12.5 Å². The molecule has 0 aliphatic carbocycles. The van der Waals surface area contributed by atoms with Crippen molar-refractivity contribution in [3.05, 3.63) is 47.0 Å². The molecule has 0 fully saturated rings. The Bertz CT molecular complexity index is 933. The number of hydrogen-bond acceptors (Lipinski definition) is 5. The number of aryl methyl sites for hydroxylation is 2. The molecular weight excluding hydrogens is 362 g/mol. The second-order valence-electron chi connectivity index (χ2n) is 5.59. The van der Waals surface area contributed by atoms with Gasteiger partial charge in [0, 0.05) is 5.56 Å². The van der Waals surface area contributed by atoms with Crippen LogP contribution in [0.2, 0.25) is 0 Å². The number of carbonyl (C=O) groups excluding carboxylic acids is 1. The summed E-state index contributed by atoms with van der Waals surface area (Å²) in [5.41, 5.74) is 3.20. The second kappa shape index (κ2) is 7.25. The molecule has 1 amide bonds. The molecule has 0 radical (unpaired) electrons. The number of alkyl halides is 2. The summed E-state index contributed by atoms with van der Waals surface area (Å²) in [5, 5.41) is 3.20. The first kappa shape index (κ1) is 18.1. The molecule has 2 aromatic carbocycles. The summed E-state index contributed by atoms with van der Waals surface area (Å²) < 4.78 is 35.2. The average Bonchev–Trinajstić information content (AvgIpc) is 3.03. The lowest BCUT2D eigenvalue weighted by Gasteiger charge is -2.11. The van der Waals surface area contributed by atoms with Crippen molar-refractivity contribution < 1.29 is 23.0 Å². The van der Waals surface area contributed by atoms with Gasteiger partial charge >= 0.3 is 6.61 Å². The Morgan fingerprint density at radius 1 is 1.15 bits per heavy atom. The maximum Gasteiger partial charge on any atom is 0.387 e. The van der Waals surface area contributed by atoms with Crippen LogP contribution in [0.25, 0.3) is 10.2 Å². The van der Waals surface area contributed by atoms with Crippen LogP contribution >= 0.6 is 11.3 Å². The Morgan fingerprint density at radius 3 is 2.54 bits per heavy atom. The van der Waals surface area contributed by atoms with E-state index >= 15 is 0 Å². The number of rotatable bonds is 5. The maximum atomic E-state index is 12.5. The molecule has 0 saturated heterocycles. The smallest absolute Gasteiger partial charge is 0.387 e. The van der Waals surface area contributed by atoms with E-state index in [0.29, 0.717) is 5.13 Å². The van der Waals surface area contributed by atoms with E-state index in [4.69, 9.17) is 4.74 Å². The van der Waals surface area contributed by atoms with E-state index in [9.17, 15) is 13.6 Å². The van der Waals surface area contributed by atoms with Crippen LogP contribution in [-0.4, -0.2) is 24.6 Å². The number of anilines is 1. The molecule has 1 heterocycles. The molecule has 8 heteroatoms. The Balaban J connectivity index is 1.86. The molecule has 0 bridgehead atoms. The first-order chi connectivity index (χ1) is 12.4. The molecule has 0 unspecified atom stereocenters. The topological polar surface area (TPSA) is 60.5 Å². The normalized spacial score (nSPS) is 11.0. The summed E-state index contributed by atoms with van der Waals surface area (Å²) in [6, 6.07) is 7.99. The molecule has 3 rings (SSSR count). The van der Waals surface area contributed by atoms with Crippen molar-refractivity contribution in [3.8, 4) is 11.5 Å². The van der Waals surface area contributed by atoms with Gasteiger partial charge in [-0.25, -0.2) is 4.98 Å². The van der Waals surface area contributed by atoms with Gasteiger partial charge in [0.15, 0.2) is 16.6 Å². The molecule has 3 aromatic rings. The summed E-state index contributed by atoms with van der Waals surface area (Å²) in [6.07, 6.45) is 0. The minimum atomic E-state index is -2.97. The number of nitrogens with one attached hydrogen (secondary N) is 1. The molecule has 0 saturated carbocycles. The monoisotopic (exact) mass is 378 g/mol. The van der Waals surface area contributed by atoms with E-state index in [0.717, 1.165) is 21.3 Å². The number of carbonyl (C=O) groups is 1. The second-order valence-corrected chi connectivity index (χ2v) is 6.59. The summed E-state index contributed by atoms with van der Waals surface area (Å²) in [4.78, 5) is 16.9. The predicted molar refractivity (Wildman–Crippen MR) is 96.7 cm³/mol. The van der Waals surface area contributed by atoms with Crippen LogP contribution in [0.3, 0.4) is 0 Å². The highest BCUT2D eigenvalue weighted by Gasteiger charge is 2.16. The highest BCUT2D eigenvalue weighted by molar-refractivity contribution is 7.22. The molecule has 1 aromatic heterocycles. The van der Waals surface area contributed by atoms with Crippen molar-refractivity contribution in [3.63, 3.8) is 0 Å². The van der Waals surface area contributed by atoms with Crippen LogP contribution < -0.4 is 14.8 Å². The minimum absolute atomic E-state index is 0.0499. The lowest BCUT2D eigenvalue weighted by atomic mass is 10.1. The van der Waals surface area contributed by atoms with Crippen molar-refractivity contribution >= 4 is 32.6 Å². The number of nitrogens with zero attached hydrogens (tertiary/aromatic N) is 1. The van der Waals surface area contributed by atoms with E-state index in [-0.39, 0.29) is 17.1 Å². The number of methoxy groups -OCH3 is 1. The summed E-state index contributed by atoms with van der Waals surface area (Å²) >= 11 is 1.38. The van der Waals surface area contributed by atoms with Gasteiger partial charge in [-0.3, -0.25) is 10.1 Å². The Hall–Kier alpha value is -2.74. The zero-order valence-electron chi connectivity index (χ0n) is 14.3. The first-order valence-electron chi connectivity index (χ1n) is 7.70. The molecule has 0 spiro atoms. The molecule has 1 N–H and O–H groups in total. The quantitative estimate of drug-likeness (QED) is 0.694. The SMILES string of the molecule is COc1cc(C(=O)Nc2nc3c(C)ccc(C)c3s2)ccc1OC(F)F. The third kappa shape index (κ3) is 3.60. The van der Waals surface area contributed by atoms with Gasteiger partial charge in [0.1, 0.15) is 0 Å². The Morgan fingerprint density at radius 2 is 1.88 bits per heavy atom. The van der Waals surface area contributed by atoms with Crippen LogP contribution in [-0.2, 0) is 0 Å². The predicted octanol–water partition coefficient (Wildman–Crippen LogP) is 4.78. The lowest BCUT2D eigenvalue weighted by molar-refractivity contribution is -0.0512. The molecule has 5 nitrogen and oxygen atoms in total. The molecule has 26 heavy (non-hydrogen) atoms. The first-order valence-corrected chi connectivity index (χ1v) is 8.51. The number of benzene rings is 2. The summed E-state index contributed by atoms with van der Waals surface area (Å²) in [6.45, 7) is 0.968. The molecule has 136 valence electrons. The van der Waals surface area contributed by atoms with Gasteiger partial charge in [0.2, 0.25) is 0 Å². The number of fused-ring (bicyclic) bond motifs is 1. The van der Waals surface area contributed by atoms with Gasteiger partial charge in [-0.2, -0.15) is 8.78 Å². The number of halogens is 2. The van der Waals surface area contributed by atoms with Gasteiger partial charge in [0.25, 0.3) is 5.91 Å². The van der Waals surface area contributed by atoms with Crippen molar-refractivity contribution in [2.45, 2.75) is 20.5 Å². The van der Waals surface area contributed by atoms with Crippen molar-refractivity contribution in [1.29, 1.82) is 0 Å². The third-order valence-electron chi connectivity index (χ3n) is 3.80. The van der Waals surface area contributed by atoms with Gasteiger partial charge in [-0.15, -0.1) is 0 Å². The zero-order valence-corrected chi connectivity index (χ0v) is 15.1. The lowest BCUT2D eigenvalue weighted by Crippen LogP contribution is -2.12. The third-order valence-corrected chi connectivity index (χ3v) is 4.91. The fourth-order valence-electron chi connectivity index (χ4n) is 2.48. The molecule has 0 aliphatic rings. The molecule has 0 atom stereocenters. The van der Waals surface area contributed by atoms with Crippen LogP contribution in [0.4, 0.5) is 13.9 Å². The summed E-state index contributed by atoms with van der Waals surface area (Å²) in [5.74, 6) is -0.500. The average molecular weight is 378 g/mol.